The molecule has 0 radical (unpaired) electrons. The highest BCUT2D eigenvalue weighted by atomic mass is 127. The van der Waals surface area contributed by atoms with Crippen LogP contribution in [0.4, 0.5) is 0 Å². The number of aromatic carboxylic acids is 2. The van der Waals surface area contributed by atoms with Gasteiger partial charge in [-0.1, -0.05) is 0 Å². The van der Waals surface area contributed by atoms with Crippen molar-refractivity contribution in [2.24, 2.45) is 0 Å². The van der Waals surface area contributed by atoms with Crippen LogP contribution in [0.3, 0.4) is 0 Å². The summed E-state index contributed by atoms with van der Waals surface area (Å²) in [6, 6.07) is 6.28. The lowest BCUT2D eigenvalue weighted by Gasteiger charge is -2.02. The number of hydrogen-bond acceptors (Lipinski definition) is 6. The SMILES string of the molecule is O=C(O)c1cc(I)cc(I)c1O.O=C(O)c1cc(I)cc(I)c1O.c1cnccn1. The van der Waals surface area contributed by atoms with E-state index >= 15 is 0 Å². The zero-order valence-corrected chi connectivity index (χ0v) is 23.3. The first kappa shape index (κ1) is 27.0. The van der Waals surface area contributed by atoms with E-state index in [4.69, 9.17) is 10.2 Å². The van der Waals surface area contributed by atoms with Crippen LogP contribution < -0.4 is 0 Å². The smallest absolute Gasteiger partial charge is 0.339 e. The summed E-state index contributed by atoms with van der Waals surface area (Å²) in [4.78, 5) is 28.6. The van der Waals surface area contributed by atoms with Crippen LogP contribution in [0.2, 0.25) is 0 Å². The molecule has 0 aliphatic rings. The minimum absolute atomic E-state index is 0.0497. The maximum absolute atomic E-state index is 10.6. The van der Waals surface area contributed by atoms with Gasteiger partial charge < -0.3 is 20.4 Å². The molecule has 3 aromatic rings. The first-order valence-electron chi connectivity index (χ1n) is 7.57. The van der Waals surface area contributed by atoms with Gasteiger partial charge in [-0.25, -0.2) is 9.59 Å². The van der Waals surface area contributed by atoms with Crippen LogP contribution in [-0.2, 0) is 0 Å². The number of carboxylic acids is 2. The zero-order chi connectivity index (χ0) is 22.8. The van der Waals surface area contributed by atoms with Gasteiger partial charge in [-0.2, -0.15) is 0 Å². The molecule has 0 unspecified atom stereocenters. The van der Waals surface area contributed by atoms with Crippen LogP contribution >= 0.6 is 90.4 Å². The molecule has 8 nitrogen and oxygen atoms in total. The molecule has 0 aliphatic carbocycles. The van der Waals surface area contributed by atoms with E-state index in [1.54, 1.807) is 36.9 Å². The van der Waals surface area contributed by atoms with E-state index in [9.17, 15) is 19.8 Å². The Kier molecular flexibility index (Phi) is 12.1. The van der Waals surface area contributed by atoms with Gasteiger partial charge in [-0.3, -0.25) is 9.97 Å². The third kappa shape index (κ3) is 9.00. The fraction of sp³-hybridized carbons (Fsp3) is 0. The van der Waals surface area contributed by atoms with Crippen molar-refractivity contribution in [3.05, 3.63) is 74.5 Å². The molecule has 0 atom stereocenters. The number of nitrogens with zero attached hydrogens (tertiary/aromatic N) is 2. The number of aromatic nitrogens is 2. The topological polar surface area (TPSA) is 141 Å². The van der Waals surface area contributed by atoms with E-state index < -0.39 is 11.9 Å². The molecule has 2 aromatic carbocycles. The number of aromatic hydroxyl groups is 2. The van der Waals surface area contributed by atoms with E-state index in [2.05, 4.69) is 9.97 Å². The summed E-state index contributed by atoms with van der Waals surface area (Å²) in [7, 11) is 0. The van der Waals surface area contributed by atoms with E-state index in [1.807, 2.05) is 90.4 Å². The fourth-order valence-corrected chi connectivity index (χ4v) is 5.40. The molecule has 0 saturated carbocycles. The zero-order valence-electron chi connectivity index (χ0n) is 14.6. The number of hydrogen-bond donors (Lipinski definition) is 4. The maximum Gasteiger partial charge on any atom is 0.339 e. The number of benzene rings is 2. The first-order valence-corrected chi connectivity index (χ1v) is 11.9. The quantitative estimate of drug-likeness (QED) is 0.262. The van der Waals surface area contributed by atoms with Crippen LogP contribution in [-0.4, -0.2) is 42.3 Å². The molecule has 1 aromatic heterocycles. The van der Waals surface area contributed by atoms with E-state index in [0.29, 0.717) is 7.14 Å². The largest absolute Gasteiger partial charge is 0.506 e. The standard InChI is InChI=1S/2C7H4I2O3.C4H4N2/c2*8-3-1-4(7(11)12)6(10)5(9)2-3;1-2-6-4-3-5-1/h2*1-2,10H,(H,11,12);1-4H. The molecule has 0 fully saturated rings. The van der Waals surface area contributed by atoms with Crippen molar-refractivity contribution in [2.75, 3.05) is 0 Å². The molecule has 158 valence electrons. The second-order valence-corrected chi connectivity index (χ2v) is 9.89. The Morgan fingerprint density at radius 3 is 1.17 bits per heavy atom. The van der Waals surface area contributed by atoms with E-state index in [-0.39, 0.29) is 22.6 Å². The lowest BCUT2D eigenvalue weighted by molar-refractivity contribution is 0.0682. The molecule has 4 N–H and O–H groups in total. The Morgan fingerprint density at radius 1 is 0.633 bits per heavy atom. The summed E-state index contributed by atoms with van der Waals surface area (Å²) in [6.07, 6.45) is 6.56. The van der Waals surface area contributed by atoms with Gasteiger partial charge in [0.25, 0.3) is 0 Å². The van der Waals surface area contributed by atoms with Crippen molar-refractivity contribution in [3.8, 4) is 11.5 Å². The van der Waals surface area contributed by atoms with Crippen molar-refractivity contribution < 1.29 is 30.0 Å². The van der Waals surface area contributed by atoms with Crippen molar-refractivity contribution in [2.45, 2.75) is 0 Å². The maximum atomic E-state index is 10.6. The highest BCUT2D eigenvalue weighted by Gasteiger charge is 2.13. The summed E-state index contributed by atoms with van der Waals surface area (Å²) in [5.41, 5.74) is -0.0994. The molecule has 3 rings (SSSR count). The van der Waals surface area contributed by atoms with Crippen molar-refractivity contribution in [3.63, 3.8) is 0 Å². The van der Waals surface area contributed by atoms with Crippen molar-refractivity contribution >= 4 is 102 Å². The minimum Gasteiger partial charge on any atom is -0.506 e. The third-order valence-electron chi connectivity index (χ3n) is 2.99. The lowest BCUT2D eigenvalue weighted by atomic mass is 10.2. The summed E-state index contributed by atoms with van der Waals surface area (Å²) in [5, 5.41) is 35.9. The highest BCUT2D eigenvalue weighted by molar-refractivity contribution is 14.1. The van der Waals surface area contributed by atoms with Gasteiger partial charge in [0.05, 0.1) is 7.14 Å². The highest BCUT2D eigenvalue weighted by Crippen LogP contribution is 2.27. The number of phenols is 2. The monoisotopic (exact) mass is 860 g/mol. The van der Waals surface area contributed by atoms with Gasteiger partial charge in [0, 0.05) is 31.9 Å². The summed E-state index contributed by atoms with van der Waals surface area (Å²) in [5.74, 6) is -2.54. The van der Waals surface area contributed by atoms with Crippen molar-refractivity contribution in [1.82, 2.24) is 9.97 Å². The molecular formula is C18H12I4N2O6. The van der Waals surface area contributed by atoms with Crippen LogP contribution in [0, 0.1) is 14.3 Å². The van der Waals surface area contributed by atoms with Gasteiger partial charge in [0.15, 0.2) is 0 Å². The van der Waals surface area contributed by atoms with Gasteiger partial charge in [0.1, 0.15) is 22.6 Å². The van der Waals surface area contributed by atoms with Crippen LogP contribution in [0.5, 0.6) is 11.5 Å². The molecule has 1 heterocycles. The summed E-state index contributed by atoms with van der Waals surface area (Å²) in [6.45, 7) is 0. The van der Waals surface area contributed by atoms with Gasteiger partial charge in [0.2, 0.25) is 0 Å². The second kappa shape index (κ2) is 13.4. The Bertz CT molecular complexity index is 941. The number of carboxylic acid groups (broad SMARTS) is 2. The van der Waals surface area contributed by atoms with Crippen LogP contribution in [0.25, 0.3) is 0 Å². The Labute approximate surface area is 225 Å². The molecule has 0 saturated heterocycles. The average molecular weight is 860 g/mol. The molecular weight excluding hydrogens is 848 g/mol. The second-order valence-electron chi connectivity index (χ2n) is 5.07. The average Bonchev–Trinajstić information content (AvgIpc) is 2.69. The summed E-state index contributed by atoms with van der Waals surface area (Å²) >= 11 is 7.79. The van der Waals surface area contributed by atoms with Crippen molar-refractivity contribution in [1.29, 1.82) is 0 Å². The van der Waals surface area contributed by atoms with Gasteiger partial charge in [-0.05, 0) is 115 Å². The Hall–Kier alpha value is -1.02. The van der Waals surface area contributed by atoms with Gasteiger partial charge in [-0.15, -0.1) is 0 Å². The molecule has 0 aliphatic heterocycles. The van der Waals surface area contributed by atoms with Crippen LogP contribution in [0.1, 0.15) is 20.7 Å². The molecule has 0 bridgehead atoms. The van der Waals surface area contributed by atoms with Gasteiger partial charge >= 0.3 is 11.9 Å². The number of halogens is 4. The molecule has 12 heteroatoms. The predicted molar refractivity (Wildman–Crippen MR) is 143 cm³/mol. The molecule has 30 heavy (non-hydrogen) atoms. The predicted octanol–water partition coefficient (Wildman–Crippen LogP) is 5.08. The third-order valence-corrected chi connectivity index (χ3v) is 5.89. The lowest BCUT2D eigenvalue weighted by Crippen LogP contribution is -1.98. The van der Waals surface area contributed by atoms with Crippen LogP contribution in [0.15, 0.2) is 49.1 Å². The first-order chi connectivity index (χ1) is 14.0. The summed E-state index contributed by atoms with van der Waals surface area (Å²) < 4.78 is 2.70. The number of carbonyl (C=O) groups is 2. The van der Waals surface area contributed by atoms with E-state index in [0.717, 1.165) is 7.14 Å². The molecule has 0 amide bonds. The fourth-order valence-electron chi connectivity index (χ4n) is 1.71. The molecule has 0 spiro atoms. The minimum atomic E-state index is -1.11. The Balaban J connectivity index is 0.000000237. The Morgan fingerprint density at radius 2 is 0.933 bits per heavy atom. The normalized spacial score (nSPS) is 9.47. The number of rotatable bonds is 2. The van der Waals surface area contributed by atoms with E-state index in [1.165, 1.54) is 12.1 Å².